The Morgan fingerprint density at radius 1 is 1.35 bits per heavy atom. The van der Waals surface area contributed by atoms with Gasteiger partial charge in [-0.05, 0) is 31.2 Å². The van der Waals surface area contributed by atoms with E-state index in [1.54, 1.807) is 23.9 Å². The van der Waals surface area contributed by atoms with Crippen LogP contribution in [0.4, 0.5) is 10.1 Å². The maximum atomic E-state index is 12.7. The van der Waals surface area contributed by atoms with E-state index in [-0.39, 0.29) is 5.82 Å². The van der Waals surface area contributed by atoms with Crippen molar-refractivity contribution in [2.45, 2.75) is 13.5 Å². The Morgan fingerprint density at radius 2 is 2.00 bits per heavy atom. The number of rotatable bonds is 3. The van der Waals surface area contributed by atoms with E-state index in [4.69, 9.17) is 11.6 Å². The zero-order valence-corrected chi connectivity index (χ0v) is 10.4. The van der Waals surface area contributed by atoms with Crippen LogP contribution in [0.3, 0.4) is 0 Å². The molecule has 2 rings (SSSR count). The Bertz CT molecular complexity index is 519. The number of aryl methyl sites for hydroxylation is 2. The first-order valence-electron chi connectivity index (χ1n) is 5.25. The third-order valence-electron chi connectivity index (χ3n) is 2.58. The summed E-state index contributed by atoms with van der Waals surface area (Å²) in [5.74, 6) is -0.244. The molecule has 0 saturated heterocycles. The molecule has 0 spiro atoms. The van der Waals surface area contributed by atoms with E-state index < -0.39 is 0 Å². The Hall–Kier alpha value is -1.55. The van der Waals surface area contributed by atoms with E-state index in [2.05, 4.69) is 10.4 Å². The first-order valence-corrected chi connectivity index (χ1v) is 5.63. The normalized spacial score (nSPS) is 10.6. The third-order valence-corrected chi connectivity index (χ3v) is 3.06. The Balaban J connectivity index is 2.09. The molecule has 0 radical (unpaired) electrons. The standard InChI is InChI=1S/C12H13ClFN3/c1-8-11(12(13)17(2)16-8)7-15-10-5-3-9(14)4-6-10/h3-6,15H,7H2,1-2H3. The van der Waals surface area contributed by atoms with Crippen LogP contribution in [0.2, 0.25) is 5.15 Å². The van der Waals surface area contributed by atoms with Crippen molar-refractivity contribution in [1.82, 2.24) is 9.78 Å². The van der Waals surface area contributed by atoms with Crippen LogP contribution in [0, 0.1) is 12.7 Å². The second-order valence-corrected chi connectivity index (χ2v) is 4.20. The van der Waals surface area contributed by atoms with Crippen molar-refractivity contribution in [2.24, 2.45) is 7.05 Å². The van der Waals surface area contributed by atoms with Crippen molar-refractivity contribution in [1.29, 1.82) is 0 Å². The number of aromatic nitrogens is 2. The molecule has 17 heavy (non-hydrogen) atoms. The highest BCUT2D eigenvalue weighted by atomic mass is 35.5. The van der Waals surface area contributed by atoms with E-state index in [1.165, 1.54) is 12.1 Å². The van der Waals surface area contributed by atoms with Gasteiger partial charge in [-0.25, -0.2) is 4.39 Å². The maximum absolute atomic E-state index is 12.7. The molecule has 1 heterocycles. The second-order valence-electron chi connectivity index (χ2n) is 3.84. The highest BCUT2D eigenvalue weighted by Gasteiger charge is 2.10. The van der Waals surface area contributed by atoms with Crippen molar-refractivity contribution < 1.29 is 4.39 Å². The minimum atomic E-state index is -0.244. The highest BCUT2D eigenvalue weighted by Crippen LogP contribution is 2.20. The summed E-state index contributed by atoms with van der Waals surface area (Å²) in [6.07, 6.45) is 0. The monoisotopic (exact) mass is 253 g/mol. The molecule has 1 aromatic heterocycles. The average Bonchev–Trinajstić information content (AvgIpc) is 2.54. The predicted octanol–water partition coefficient (Wildman–Crippen LogP) is 3.13. The van der Waals surface area contributed by atoms with Crippen LogP contribution in [0.5, 0.6) is 0 Å². The molecule has 90 valence electrons. The van der Waals surface area contributed by atoms with Gasteiger partial charge < -0.3 is 5.32 Å². The first kappa shape index (κ1) is 11.9. The van der Waals surface area contributed by atoms with Crippen molar-refractivity contribution >= 4 is 17.3 Å². The van der Waals surface area contributed by atoms with E-state index in [1.807, 2.05) is 6.92 Å². The van der Waals surface area contributed by atoms with Crippen LogP contribution in [0.1, 0.15) is 11.3 Å². The van der Waals surface area contributed by atoms with Gasteiger partial charge in [0.2, 0.25) is 0 Å². The summed E-state index contributed by atoms with van der Waals surface area (Å²) in [5, 5.41) is 8.02. The van der Waals surface area contributed by atoms with Gasteiger partial charge in [-0.2, -0.15) is 5.10 Å². The molecule has 5 heteroatoms. The third kappa shape index (κ3) is 2.58. The summed E-state index contributed by atoms with van der Waals surface area (Å²) in [5.41, 5.74) is 2.70. The van der Waals surface area contributed by atoms with Crippen LogP contribution >= 0.6 is 11.6 Å². The van der Waals surface area contributed by atoms with Crippen LogP contribution in [0.15, 0.2) is 24.3 Å². The fourth-order valence-electron chi connectivity index (χ4n) is 1.63. The van der Waals surface area contributed by atoms with E-state index in [0.717, 1.165) is 16.9 Å². The van der Waals surface area contributed by atoms with Gasteiger partial charge in [0, 0.05) is 24.8 Å². The SMILES string of the molecule is Cc1nn(C)c(Cl)c1CNc1ccc(F)cc1. The Morgan fingerprint density at radius 3 is 2.53 bits per heavy atom. The number of anilines is 1. The summed E-state index contributed by atoms with van der Waals surface area (Å²) in [6.45, 7) is 2.48. The minimum Gasteiger partial charge on any atom is -0.381 e. The van der Waals surface area contributed by atoms with E-state index in [9.17, 15) is 4.39 Å². The fourth-order valence-corrected chi connectivity index (χ4v) is 1.87. The van der Waals surface area contributed by atoms with Crippen molar-refractivity contribution in [3.63, 3.8) is 0 Å². The van der Waals surface area contributed by atoms with Crippen LogP contribution in [-0.4, -0.2) is 9.78 Å². The zero-order valence-electron chi connectivity index (χ0n) is 9.67. The molecule has 0 unspecified atom stereocenters. The molecule has 0 amide bonds. The number of halogens is 2. The Labute approximate surface area is 104 Å². The number of hydrogen-bond acceptors (Lipinski definition) is 2. The molecular weight excluding hydrogens is 241 g/mol. The quantitative estimate of drug-likeness (QED) is 0.911. The predicted molar refractivity (Wildman–Crippen MR) is 66.7 cm³/mol. The Kier molecular flexibility index (Phi) is 3.33. The summed E-state index contributed by atoms with van der Waals surface area (Å²) in [7, 11) is 1.80. The smallest absolute Gasteiger partial charge is 0.131 e. The van der Waals surface area contributed by atoms with Crippen molar-refractivity contribution in [3.05, 3.63) is 46.5 Å². The number of benzene rings is 1. The summed E-state index contributed by atoms with van der Waals surface area (Å²) in [4.78, 5) is 0. The number of nitrogens with one attached hydrogen (secondary N) is 1. The largest absolute Gasteiger partial charge is 0.381 e. The van der Waals surface area contributed by atoms with Crippen molar-refractivity contribution in [3.8, 4) is 0 Å². The van der Waals surface area contributed by atoms with Crippen LogP contribution in [-0.2, 0) is 13.6 Å². The topological polar surface area (TPSA) is 29.9 Å². The van der Waals surface area contributed by atoms with Gasteiger partial charge in [-0.1, -0.05) is 11.6 Å². The molecule has 2 aromatic rings. The molecule has 0 atom stereocenters. The lowest BCUT2D eigenvalue weighted by Crippen LogP contribution is -2.00. The minimum absolute atomic E-state index is 0.244. The molecule has 1 N–H and O–H groups in total. The molecule has 0 saturated carbocycles. The van der Waals surface area contributed by atoms with Gasteiger partial charge >= 0.3 is 0 Å². The molecular formula is C12H13ClFN3. The average molecular weight is 254 g/mol. The molecule has 0 aliphatic heterocycles. The van der Waals surface area contributed by atoms with Crippen molar-refractivity contribution in [2.75, 3.05) is 5.32 Å². The van der Waals surface area contributed by atoms with Gasteiger partial charge in [-0.15, -0.1) is 0 Å². The summed E-state index contributed by atoms with van der Waals surface area (Å²) in [6, 6.07) is 6.21. The molecule has 3 nitrogen and oxygen atoms in total. The zero-order chi connectivity index (χ0) is 12.4. The summed E-state index contributed by atoms with van der Waals surface area (Å²) < 4.78 is 14.4. The molecule has 1 aromatic carbocycles. The van der Waals surface area contributed by atoms with E-state index in [0.29, 0.717) is 11.7 Å². The van der Waals surface area contributed by atoms with Gasteiger partial charge in [0.05, 0.1) is 5.69 Å². The van der Waals surface area contributed by atoms with Crippen LogP contribution < -0.4 is 5.32 Å². The van der Waals surface area contributed by atoms with E-state index >= 15 is 0 Å². The lowest BCUT2D eigenvalue weighted by atomic mass is 10.2. The first-order chi connectivity index (χ1) is 8.08. The van der Waals surface area contributed by atoms with Gasteiger partial charge in [0.1, 0.15) is 11.0 Å². The fraction of sp³-hybridized carbons (Fsp3) is 0.250. The number of hydrogen-bond donors (Lipinski definition) is 1. The molecule has 0 aliphatic rings. The van der Waals surface area contributed by atoms with Crippen LogP contribution in [0.25, 0.3) is 0 Å². The summed E-state index contributed by atoms with van der Waals surface area (Å²) >= 11 is 6.11. The molecule has 0 bridgehead atoms. The van der Waals surface area contributed by atoms with Gasteiger partial charge in [0.25, 0.3) is 0 Å². The van der Waals surface area contributed by atoms with Gasteiger partial charge in [0.15, 0.2) is 0 Å². The lowest BCUT2D eigenvalue weighted by molar-refractivity contribution is 0.628. The highest BCUT2D eigenvalue weighted by molar-refractivity contribution is 6.30. The maximum Gasteiger partial charge on any atom is 0.131 e. The van der Waals surface area contributed by atoms with Gasteiger partial charge in [-0.3, -0.25) is 4.68 Å². The number of nitrogens with zero attached hydrogens (tertiary/aromatic N) is 2. The molecule has 0 aliphatic carbocycles. The molecule has 0 fully saturated rings. The second kappa shape index (κ2) is 4.75. The lowest BCUT2D eigenvalue weighted by Gasteiger charge is -2.06.